The Labute approximate surface area is 73.3 Å². The van der Waals surface area contributed by atoms with Crippen LogP contribution >= 0.6 is 0 Å². The first kappa shape index (κ1) is 8.09. The number of carbonyl (C=O) groups excluding carboxylic acids is 1. The van der Waals surface area contributed by atoms with Crippen LogP contribution in [0.4, 0.5) is 0 Å². The summed E-state index contributed by atoms with van der Waals surface area (Å²) >= 11 is 0. The van der Waals surface area contributed by atoms with Crippen molar-refractivity contribution in [2.45, 2.75) is 39.0 Å². The van der Waals surface area contributed by atoms with E-state index in [1.54, 1.807) is 0 Å². The maximum atomic E-state index is 11.0. The minimum atomic E-state index is 0.0181. The smallest absolute Gasteiger partial charge is 0.306 e. The van der Waals surface area contributed by atoms with E-state index in [2.05, 4.69) is 6.92 Å². The van der Waals surface area contributed by atoms with Gasteiger partial charge in [-0.05, 0) is 18.8 Å². The number of esters is 1. The molecule has 0 aromatic carbocycles. The average Bonchev–Trinajstić information content (AvgIpc) is 2.40. The standard InChI is InChI=1S/C10H16O2/c1-8-2-4-10(5-3-8)6-9(11)12-7-10/h8H,2-7H2,1H3. The summed E-state index contributed by atoms with van der Waals surface area (Å²) in [6, 6.07) is 0. The van der Waals surface area contributed by atoms with Crippen LogP contribution in [-0.2, 0) is 9.53 Å². The molecule has 0 aromatic heterocycles. The summed E-state index contributed by atoms with van der Waals surface area (Å²) in [4.78, 5) is 11.0. The molecule has 68 valence electrons. The molecular formula is C10H16O2. The molecule has 2 fully saturated rings. The highest BCUT2D eigenvalue weighted by atomic mass is 16.5. The van der Waals surface area contributed by atoms with Gasteiger partial charge in [0, 0.05) is 5.41 Å². The van der Waals surface area contributed by atoms with Crippen LogP contribution < -0.4 is 0 Å². The fraction of sp³-hybridized carbons (Fsp3) is 0.900. The maximum Gasteiger partial charge on any atom is 0.306 e. The van der Waals surface area contributed by atoms with Gasteiger partial charge in [-0.3, -0.25) is 4.79 Å². The Hall–Kier alpha value is -0.530. The van der Waals surface area contributed by atoms with Crippen molar-refractivity contribution < 1.29 is 9.53 Å². The van der Waals surface area contributed by atoms with Gasteiger partial charge in [-0.25, -0.2) is 0 Å². The molecule has 0 unspecified atom stereocenters. The summed E-state index contributed by atoms with van der Waals surface area (Å²) in [6.45, 7) is 2.99. The van der Waals surface area contributed by atoms with Gasteiger partial charge in [0.2, 0.25) is 0 Å². The van der Waals surface area contributed by atoms with Gasteiger partial charge in [-0.15, -0.1) is 0 Å². The molecule has 0 radical (unpaired) electrons. The summed E-state index contributed by atoms with van der Waals surface area (Å²) < 4.78 is 5.04. The Morgan fingerprint density at radius 2 is 2.08 bits per heavy atom. The van der Waals surface area contributed by atoms with Crippen molar-refractivity contribution in [2.24, 2.45) is 11.3 Å². The zero-order valence-corrected chi connectivity index (χ0v) is 7.64. The molecule has 2 aliphatic rings. The van der Waals surface area contributed by atoms with Gasteiger partial charge in [0.05, 0.1) is 13.0 Å². The summed E-state index contributed by atoms with van der Waals surface area (Å²) in [6.07, 6.45) is 5.62. The molecule has 2 heteroatoms. The Morgan fingerprint density at radius 3 is 2.58 bits per heavy atom. The van der Waals surface area contributed by atoms with Gasteiger partial charge >= 0.3 is 5.97 Å². The van der Waals surface area contributed by atoms with E-state index in [1.807, 2.05) is 0 Å². The molecule has 12 heavy (non-hydrogen) atoms. The molecule has 1 saturated carbocycles. The number of ether oxygens (including phenoxy) is 1. The molecule has 0 amide bonds. The van der Waals surface area contributed by atoms with Crippen molar-refractivity contribution in [1.82, 2.24) is 0 Å². The Kier molecular flexibility index (Phi) is 1.85. The van der Waals surface area contributed by atoms with Crippen LogP contribution in [0.2, 0.25) is 0 Å². The van der Waals surface area contributed by atoms with Gasteiger partial charge in [-0.1, -0.05) is 19.8 Å². The largest absolute Gasteiger partial charge is 0.465 e. The first-order valence-corrected chi connectivity index (χ1v) is 4.86. The Bertz CT molecular complexity index is 190. The molecule has 1 spiro atoms. The number of hydrogen-bond donors (Lipinski definition) is 0. The van der Waals surface area contributed by atoms with Crippen LogP contribution in [0.5, 0.6) is 0 Å². The topological polar surface area (TPSA) is 26.3 Å². The number of rotatable bonds is 0. The van der Waals surface area contributed by atoms with E-state index in [-0.39, 0.29) is 11.4 Å². The van der Waals surface area contributed by atoms with Crippen LogP contribution in [0.1, 0.15) is 39.0 Å². The van der Waals surface area contributed by atoms with Gasteiger partial charge in [0.15, 0.2) is 0 Å². The molecule has 0 aromatic rings. The van der Waals surface area contributed by atoms with Gasteiger partial charge in [0.1, 0.15) is 0 Å². The SMILES string of the molecule is CC1CCC2(CC1)COC(=O)C2. The summed E-state index contributed by atoms with van der Waals surface area (Å²) in [7, 11) is 0. The van der Waals surface area contributed by atoms with Gasteiger partial charge in [-0.2, -0.15) is 0 Å². The molecule has 0 bridgehead atoms. The second-order valence-electron chi connectivity index (χ2n) is 4.52. The van der Waals surface area contributed by atoms with Crippen LogP contribution in [-0.4, -0.2) is 12.6 Å². The molecule has 1 aliphatic heterocycles. The van der Waals surface area contributed by atoms with Crippen LogP contribution in [0.15, 0.2) is 0 Å². The second kappa shape index (κ2) is 2.75. The molecule has 2 rings (SSSR count). The van der Waals surface area contributed by atoms with Gasteiger partial charge < -0.3 is 4.74 Å². The second-order valence-corrected chi connectivity index (χ2v) is 4.52. The highest BCUT2D eigenvalue weighted by molar-refractivity contribution is 5.72. The number of hydrogen-bond acceptors (Lipinski definition) is 2. The van der Waals surface area contributed by atoms with Crippen molar-refractivity contribution >= 4 is 5.97 Å². The number of cyclic esters (lactones) is 1. The molecule has 2 nitrogen and oxygen atoms in total. The van der Waals surface area contributed by atoms with E-state index in [9.17, 15) is 4.79 Å². The highest BCUT2D eigenvalue weighted by Crippen LogP contribution is 2.44. The van der Waals surface area contributed by atoms with Crippen molar-refractivity contribution in [2.75, 3.05) is 6.61 Å². The molecule has 1 saturated heterocycles. The molecule has 0 atom stereocenters. The molecular weight excluding hydrogens is 152 g/mol. The van der Waals surface area contributed by atoms with E-state index < -0.39 is 0 Å². The molecule has 1 heterocycles. The predicted octanol–water partition coefficient (Wildman–Crippen LogP) is 2.13. The van der Waals surface area contributed by atoms with Crippen LogP contribution in [0.3, 0.4) is 0 Å². The molecule has 0 N–H and O–H groups in total. The van der Waals surface area contributed by atoms with E-state index >= 15 is 0 Å². The predicted molar refractivity (Wildman–Crippen MR) is 45.6 cm³/mol. The minimum absolute atomic E-state index is 0.0181. The zero-order valence-electron chi connectivity index (χ0n) is 7.64. The van der Waals surface area contributed by atoms with Crippen molar-refractivity contribution in [3.8, 4) is 0 Å². The Morgan fingerprint density at radius 1 is 1.42 bits per heavy atom. The third-order valence-electron chi connectivity index (χ3n) is 3.39. The van der Waals surface area contributed by atoms with Gasteiger partial charge in [0.25, 0.3) is 0 Å². The Balaban J connectivity index is 1.99. The zero-order chi connectivity index (χ0) is 8.60. The monoisotopic (exact) mass is 168 g/mol. The van der Waals surface area contributed by atoms with E-state index in [1.165, 1.54) is 25.7 Å². The van der Waals surface area contributed by atoms with E-state index in [0.717, 1.165) is 5.92 Å². The van der Waals surface area contributed by atoms with E-state index in [0.29, 0.717) is 13.0 Å². The summed E-state index contributed by atoms with van der Waals surface area (Å²) in [5.74, 6) is 0.871. The van der Waals surface area contributed by atoms with Crippen molar-refractivity contribution in [3.05, 3.63) is 0 Å². The lowest BCUT2D eigenvalue weighted by Gasteiger charge is -2.33. The molecule has 1 aliphatic carbocycles. The third-order valence-corrected chi connectivity index (χ3v) is 3.39. The third kappa shape index (κ3) is 1.35. The van der Waals surface area contributed by atoms with Crippen LogP contribution in [0, 0.1) is 11.3 Å². The minimum Gasteiger partial charge on any atom is -0.465 e. The quantitative estimate of drug-likeness (QED) is 0.518. The fourth-order valence-electron chi connectivity index (χ4n) is 2.34. The van der Waals surface area contributed by atoms with Crippen LogP contribution in [0.25, 0.3) is 0 Å². The normalized spacial score (nSPS) is 41.8. The highest BCUT2D eigenvalue weighted by Gasteiger charge is 2.42. The summed E-state index contributed by atoms with van der Waals surface area (Å²) in [5.41, 5.74) is 0.254. The lowest BCUT2D eigenvalue weighted by molar-refractivity contribution is -0.137. The maximum absolute atomic E-state index is 11.0. The first-order chi connectivity index (χ1) is 5.70. The fourth-order valence-corrected chi connectivity index (χ4v) is 2.34. The van der Waals surface area contributed by atoms with E-state index in [4.69, 9.17) is 4.74 Å². The van der Waals surface area contributed by atoms with Crippen molar-refractivity contribution in [3.63, 3.8) is 0 Å². The van der Waals surface area contributed by atoms with Crippen molar-refractivity contribution in [1.29, 1.82) is 0 Å². The lowest BCUT2D eigenvalue weighted by Crippen LogP contribution is -2.26. The first-order valence-electron chi connectivity index (χ1n) is 4.86. The average molecular weight is 168 g/mol. The number of carbonyl (C=O) groups is 1. The summed E-state index contributed by atoms with van der Waals surface area (Å²) in [5, 5.41) is 0. The lowest BCUT2D eigenvalue weighted by atomic mass is 9.70.